The summed E-state index contributed by atoms with van der Waals surface area (Å²) in [4.78, 5) is 11.7. The minimum Gasteiger partial charge on any atom is -0.492 e. The number of rotatable bonds is 7. The van der Waals surface area contributed by atoms with Gasteiger partial charge in [-0.05, 0) is 12.5 Å². The van der Waals surface area contributed by atoms with Gasteiger partial charge in [0.25, 0.3) is 0 Å². The van der Waals surface area contributed by atoms with Crippen molar-refractivity contribution >= 4 is 20.9 Å². The van der Waals surface area contributed by atoms with E-state index in [1.54, 1.807) is 0 Å². The summed E-state index contributed by atoms with van der Waals surface area (Å²) >= 11 is 0. The van der Waals surface area contributed by atoms with Crippen molar-refractivity contribution in [1.29, 1.82) is 5.26 Å². The molecule has 8 nitrogen and oxygen atoms in total. The molecule has 164 valence electrons. The SMILES string of the molecule is CCS(=O)(=O)c1cc(OCCCC#N)cnc1-c1nc2cc(C(F)(F)F)ncc2n1C. The van der Waals surface area contributed by atoms with E-state index in [1.807, 2.05) is 6.07 Å². The number of nitrogens with zero attached hydrogens (tertiary/aromatic N) is 5. The Morgan fingerprint density at radius 3 is 2.61 bits per heavy atom. The quantitative estimate of drug-likeness (QED) is 0.503. The maximum absolute atomic E-state index is 13.0. The van der Waals surface area contributed by atoms with Crippen LogP contribution in [0.1, 0.15) is 25.5 Å². The summed E-state index contributed by atoms with van der Waals surface area (Å²) < 4.78 is 71.3. The van der Waals surface area contributed by atoms with Crippen molar-refractivity contribution in [1.82, 2.24) is 19.5 Å². The molecule has 0 N–H and O–H groups in total. The number of nitriles is 1. The van der Waals surface area contributed by atoms with Crippen molar-refractivity contribution in [3.05, 3.63) is 30.2 Å². The van der Waals surface area contributed by atoms with Gasteiger partial charge in [0, 0.05) is 19.5 Å². The highest BCUT2D eigenvalue weighted by Crippen LogP contribution is 2.33. The Kier molecular flexibility index (Phi) is 6.17. The van der Waals surface area contributed by atoms with Crippen LogP contribution in [0.5, 0.6) is 5.75 Å². The van der Waals surface area contributed by atoms with Gasteiger partial charge in [-0.15, -0.1) is 0 Å². The van der Waals surface area contributed by atoms with E-state index in [4.69, 9.17) is 10.00 Å². The fourth-order valence-electron chi connectivity index (χ4n) is 2.86. The molecule has 0 spiro atoms. The first kappa shape index (κ1) is 22.5. The van der Waals surface area contributed by atoms with Crippen LogP contribution < -0.4 is 4.74 Å². The molecule has 0 atom stereocenters. The van der Waals surface area contributed by atoms with Gasteiger partial charge < -0.3 is 9.30 Å². The molecule has 0 fully saturated rings. The van der Waals surface area contributed by atoms with E-state index in [1.165, 1.54) is 30.8 Å². The fourth-order valence-corrected chi connectivity index (χ4v) is 3.91. The molecule has 3 aromatic rings. The number of halogens is 3. The molecule has 0 saturated carbocycles. The lowest BCUT2D eigenvalue weighted by Gasteiger charge is -2.11. The van der Waals surface area contributed by atoms with Gasteiger partial charge in [-0.1, -0.05) is 6.92 Å². The molecule has 0 aliphatic heterocycles. The normalized spacial score (nSPS) is 12.1. The molecule has 12 heteroatoms. The number of imidazole rings is 1. The first-order valence-electron chi connectivity index (χ1n) is 9.21. The topological polar surface area (TPSA) is 111 Å². The van der Waals surface area contributed by atoms with Crippen LogP contribution in [0.15, 0.2) is 29.4 Å². The Hall–Kier alpha value is -3.20. The molecule has 0 bridgehead atoms. The third-order valence-electron chi connectivity index (χ3n) is 4.51. The molecule has 0 aliphatic carbocycles. The van der Waals surface area contributed by atoms with Gasteiger partial charge in [0.15, 0.2) is 15.7 Å². The number of aryl methyl sites for hydroxylation is 1. The highest BCUT2D eigenvalue weighted by Gasteiger charge is 2.33. The highest BCUT2D eigenvalue weighted by atomic mass is 32.2. The van der Waals surface area contributed by atoms with Crippen molar-refractivity contribution in [3.63, 3.8) is 0 Å². The molecule has 0 saturated heterocycles. The second kappa shape index (κ2) is 8.50. The summed E-state index contributed by atoms with van der Waals surface area (Å²) in [7, 11) is -2.23. The number of alkyl halides is 3. The lowest BCUT2D eigenvalue weighted by molar-refractivity contribution is -0.141. The third-order valence-corrected chi connectivity index (χ3v) is 6.26. The van der Waals surface area contributed by atoms with Crippen LogP contribution in [0.2, 0.25) is 0 Å². The molecule has 3 aromatic heterocycles. The van der Waals surface area contributed by atoms with Crippen LogP contribution in [0.4, 0.5) is 13.2 Å². The zero-order valence-electron chi connectivity index (χ0n) is 16.6. The number of hydrogen-bond acceptors (Lipinski definition) is 7. The number of unbranched alkanes of at least 4 members (excludes halogenated alkanes) is 1. The minimum atomic E-state index is -4.63. The van der Waals surface area contributed by atoms with Gasteiger partial charge >= 0.3 is 6.18 Å². The van der Waals surface area contributed by atoms with E-state index in [0.29, 0.717) is 18.4 Å². The number of aromatic nitrogens is 4. The first-order chi connectivity index (χ1) is 14.6. The van der Waals surface area contributed by atoms with Crippen molar-refractivity contribution in [2.45, 2.75) is 30.8 Å². The fraction of sp³-hybridized carbons (Fsp3) is 0.368. The van der Waals surface area contributed by atoms with Crippen molar-refractivity contribution in [3.8, 4) is 23.3 Å². The van der Waals surface area contributed by atoms with Crippen LogP contribution in [0, 0.1) is 11.3 Å². The van der Waals surface area contributed by atoms with Gasteiger partial charge in [-0.2, -0.15) is 18.4 Å². The van der Waals surface area contributed by atoms with Crippen molar-refractivity contribution in [2.24, 2.45) is 7.05 Å². The van der Waals surface area contributed by atoms with E-state index in [2.05, 4.69) is 15.0 Å². The molecular weight excluding hydrogens is 435 g/mol. The summed E-state index contributed by atoms with van der Waals surface area (Å²) in [6.07, 6.45) is -1.53. The van der Waals surface area contributed by atoms with E-state index >= 15 is 0 Å². The van der Waals surface area contributed by atoms with Gasteiger partial charge in [0.1, 0.15) is 22.0 Å². The largest absolute Gasteiger partial charge is 0.492 e. The van der Waals surface area contributed by atoms with E-state index in [-0.39, 0.29) is 40.0 Å². The number of hydrogen-bond donors (Lipinski definition) is 0. The van der Waals surface area contributed by atoms with E-state index in [0.717, 1.165) is 12.3 Å². The predicted octanol–water partition coefficient (Wildman–Crippen LogP) is 3.53. The average Bonchev–Trinajstić information content (AvgIpc) is 3.06. The third kappa shape index (κ3) is 4.61. The maximum Gasteiger partial charge on any atom is 0.433 e. The number of ether oxygens (including phenoxy) is 1. The molecule has 0 amide bonds. The summed E-state index contributed by atoms with van der Waals surface area (Å²) in [5.41, 5.74) is -0.793. The number of sulfone groups is 1. The van der Waals surface area contributed by atoms with Crippen molar-refractivity contribution < 1.29 is 26.3 Å². The first-order valence-corrected chi connectivity index (χ1v) is 10.9. The van der Waals surface area contributed by atoms with Crippen LogP contribution in [-0.4, -0.2) is 40.3 Å². The van der Waals surface area contributed by atoms with Gasteiger partial charge in [0.05, 0.1) is 41.9 Å². The maximum atomic E-state index is 13.0. The monoisotopic (exact) mass is 453 g/mol. The van der Waals surface area contributed by atoms with Crippen LogP contribution in [0.3, 0.4) is 0 Å². The van der Waals surface area contributed by atoms with Crippen LogP contribution in [0.25, 0.3) is 22.6 Å². The number of fused-ring (bicyclic) bond motifs is 1. The molecule has 31 heavy (non-hydrogen) atoms. The Morgan fingerprint density at radius 2 is 1.97 bits per heavy atom. The van der Waals surface area contributed by atoms with Gasteiger partial charge in [0.2, 0.25) is 0 Å². The lowest BCUT2D eigenvalue weighted by atomic mass is 10.3. The van der Waals surface area contributed by atoms with Crippen molar-refractivity contribution in [2.75, 3.05) is 12.4 Å². The standard InChI is InChI=1S/C19H18F3N5O3S/c1-3-31(28,29)15-8-12(30-7-5-4-6-23)10-25-17(15)18-26-13-9-16(19(20,21)22)24-11-14(13)27(18)2/h8-11H,3-5,7H2,1-2H3. The summed E-state index contributed by atoms with van der Waals surface area (Å²) in [6, 6.07) is 4.10. The predicted molar refractivity (Wildman–Crippen MR) is 105 cm³/mol. The zero-order valence-corrected chi connectivity index (χ0v) is 17.5. The second-order valence-corrected chi connectivity index (χ2v) is 8.83. The highest BCUT2D eigenvalue weighted by molar-refractivity contribution is 7.91. The summed E-state index contributed by atoms with van der Waals surface area (Å²) in [5.74, 6) is 0.0659. The second-order valence-electron chi connectivity index (χ2n) is 6.58. The molecule has 0 aliphatic rings. The smallest absolute Gasteiger partial charge is 0.433 e. The van der Waals surface area contributed by atoms with Gasteiger partial charge in [-0.3, -0.25) is 0 Å². The Labute approximate surface area is 176 Å². The Balaban J connectivity index is 2.12. The van der Waals surface area contributed by atoms with Crippen LogP contribution in [-0.2, 0) is 23.1 Å². The summed E-state index contributed by atoms with van der Waals surface area (Å²) in [5, 5.41) is 8.58. The zero-order chi connectivity index (χ0) is 22.8. The molecule has 3 rings (SSSR count). The molecular formula is C19H18F3N5O3S. The number of pyridine rings is 2. The van der Waals surface area contributed by atoms with Gasteiger partial charge in [-0.25, -0.2) is 23.4 Å². The Bertz CT molecular complexity index is 1260. The molecule has 0 radical (unpaired) electrons. The average molecular weight is 453 g/mol. The van der Waals surface area contributed by atoms with Crippen LogP contribution >= 0.6 is 0 Å². The molecule has 0 aromatic carbocycles. The molecule has 3 heterocycles. The van der Waals surface area contributed by atoms with E-state index < -0.39 is 21.7 Å². The van der Waals surface area contributed by atoms with E-state index in [9.17, 15) is 21.6 Å². The minimum absolute atomic E-state index is 0.00140. The summed E-state index contributed by atoms with van der Waals surface area (Å²) in [6.45, 7) is 1.67. The Morgan fingerprint density at radius 1 is 1.23 bits per heavy atom. The molecule has 0 unspecified atom stereocenters. The lowest BCUT2D eigenvalue weighted by Crippen LogP contribution is -2.10.